The molecule has 0 aliphatic carbocycles. The minimum absolute atomic E-state index is 0.0685. The predicted molar refractivity (Wildman–Crippen MR) is 85.8 cm³/mol. The van der Waals surface area contributed by atoms with E-state index in [1.165, 1.54) is 0 Å². The van der Waals surface area contributed by atoms with Gasteiger partial charge in [0.05, 0.1) is 18.8 Å². The number of nitrogens with one attached hydrogen (secondary N) is 2. The largest absolute Gasteiger partial charge is 0.395 e. The normalized spacial score (nSPS) is 12.0. The Morgan fingerprint density at radius 3 is 2.86 bits per heavy atom. The first-order valence-electron chi connectivity index (χ1n) is 7.27. The number of benzene rings is 1. The summed E-state index contributed by atoms with van der Waals surface area (Å²) in [5.41, 5.74) is 3.66. The summed E-state index contributed by atoms with van der Waals surface area (Å²) in [5.74, 6) is -0.192. The Hall–Kier alpha value is -2.34. The first-order valence-corrected chi connectivity index (χ1v) is 7.27. The molecule has 6 heteroatoms. The van der Waals surface area contributed by atoms with Crippen molar-refractivity contribution in [1.82, 2.24) is 15.1 Å². The highest BCUT2D eigenvalue weighted by atomic mass is 16.3. The number of amides is 1. The highest BCUT2D eigenvalue weighted by Crippen LogP contribution is 2.22. The van der Waals surface area contributed by atoms with Crippen molar-refractivity contribution in [2.24, 2.45) is 7.05 Å². The molecule has 3 N–H and O–H groups in total. The zero-order valence-electron chi connectivity index (χ0n) is 13.1. The molecular formula is C16H22N4O2. The lowest BCUT2D eigenvalue weighted by molar-refractivity contribution is 0.0945. The highest BCUT2D eigenvalue weighted by molar-refractivity contribution is 5.95. The van der Waals surface area contributed by atoms with E-state index in [9.17, 15) is 4.79 Å². The summed E-state index contributed by atoms with van der Waals surface area (Å²) in [4.78, 5) is 11.9. The molecule has 1 atom stereocenters. The molecule has 118 valence electrons. The summed E-state index contributed by atoms with van der Waals surface area (Å²) >= 11 is 0. The zero-order chi connectivity index (χ0) is 16.1. The van der Waals surface area contributed by atoms with Crippen LogP contribution in [-0.2, 0) is 7.05 Å². The lowest BCUT2D eigenvalue weighted by atomic mass is 10.1. The van der Waals surface area contributed by atoms with E-state index < -0.39 is 0 Å². The van der Waals surface area contributed by atoms with Crippen LogP contribution in [0.1, 0.15) is 34.6 Å². The lowest BCUT2D eigenvalue weighted by Gasteiger charge is -2.16. The second-order valence-electron chi connectivity index (χ2n) is 5.24. The standard InChI is InChI=1S/C16H22N4O2/c1-11(15-10-18-20(3)12(15)2)19-14-6-4-5-13(9-14)16(22)17-7-8-21/h4-6,9-11,19,21H,7-8H2,1-3H3,(H,17,22). The van der Waals surface area contributed by atoms with Gasteiger partial charge in [-0.25, -0.2) is 0 Å². The van der Waals surface area contributed by atoms with Gasteiger partial charge in [-0.05, 0) is 32.0 Å². The third-order valence-corrected chi connectivity index (χ3v) is 3.65. The molecule has 0 saturated heterocycles. The molecule has 0 saturated carbocycles. The number of carbonyl (C=O) groups excluding carboxylic acids is 1. The van der Waals surface area contributed by atoms with Crippen molar-refractivity contribution >= 4 is 11.6 Å². The minimum Gasteiger partial charge on any atom is -0.395 e. The molecule has 0 aliphatic rings. The molecule has 0 radical (unpaired) electrons. The summed E-state index contributed by atoms with van der Waals surface area (Å²) in [6.07, 6.45) is 1.85. The van der Waals surface area contributed by atoms with Crippen LogP contribution in [0.15, 0.2) is 30.5 Å². The summed E-state index contributed by atoms with van der Waals surface area (Å²) in [7, 11) is 1.91. The van der Waals surface area contributed by atoms with Crippen LogP contribution in [0.4, 0.5) is 5.69 Å². The van der Waals surface area contributed by atoms with Crippen LogP contribution in [0, 0.1) is 6.92 Å². The van der Waals surface area contributed by atoms with Crippen molar-refractivity contribution in [1.29, 1.82) is 0 Å². The predicted octanol–water partition coefficient (Wildman–Crippen LogP) is 1.62. The van der Waals surface area contributed by atoms with Crippen LogP contribution >= 0.6 is 0 Å². The number of aryl methyl sites for hydroxylation is 1. The number of aromatic nitrogens is 2. The number of anilines is 1. The Labute approximate surface area is 130 Å². The summed E-state index contributed by atoms with van der Waals surface area (Å²) in [5, 5.41) is 19.0. The van der Waals surface area contributed by atoms with E-state index in [-0.39, 0.29) is 25.1 Å². The van der Waals surface area contributed by atoms with Gasteiger partial charge in [0.1, 0.15) is 0 Å². The van der Waals surface area contributed by atoms with Crippen molar-refractivity contribution in [2.75, 3.05) is 18.5 Å². The van der Waals surface area contributed by atoms with Crippen molar-refractivity contribution in [3.63, 3.8) is 0 Å². The number of rotatable bonds is 6. The van der Waals surface area contributed by atoms with Crippen molar-refractivity contribution in [3.8, 4) is 0 Å². The van der Waals surface area contributed by atoms with Crippen LogP contribution in [0.3, 0.4) is 0 Å². The first kappa shape index (κ1) is 16.0. The highest BCUT2D eigenvalue weighted by Gasteiger charge is 2.12. The van der Waals surface area contributed by atoms with Gasteiger partial charge in [0.15, 0.2) is 0 Å². The molecule has 0 aliphatic heterocycles. The van der Waals surface area contributed by atoms with E-state index in [0.29, 0.717) is 5.56 Å². The van der Waals surface area contributed by atoms with Gasteiger partial charge in [0.25, 0.3) is 5.91 Å². The number of hydrogen-bond donors (Lipinski definition) is 3. The fourth-order valence-electron chi connectivity index (χ4n) is 2.29. The molecule has 2 rings (SSSR count). The van der Waals surface area contributed by atoms with Gasteiger partial charge >= 0.3 is 0 Å². The second-order valence-corrected chi connectivity index (χ2v) is 5.24. The maximum atomic E-state index is 11.9. The van der Waals surface area contributed by atoms with E-state index in [4.69, 9.17) is 5.11 Å². The van der Waals surface area contributed by atoms with Gasteiger partial charge in [0, 0.05) is 36.1 Å². The average molecular weight is 302 g/mol. The van der Waals surface area contributed by atoms with E-state index >= 15 is 0 Å². The molecule has 2 aromatic rings. The Morgan fingerprint density at radius 2 is 2.23 bits per heavy atom. The molecule has 1 amide bonds. The van der Waals surface area contributed by atoms with Gasteiger partial charge in [0.2, 0.25) is 0 Å². The van der Waals surface area contributed by atoms with Crippen LogP contribution in [0.25, 0.3) is 0 Å². The molecule has 1 unspecified atom stereocenters. The van der Waals surface area contributed by atoms with Crippen LogP contribution in [0.5, 0.6) is 0 Å². The smallest absolute Gasteiger partial charge is 0.251 e. The van der Waals surface area contributed by atoms with E-state index in [2.05, 4.69) is 22.7 Å². The quantitative estimate of drug-likeness (QED) is 0.757. The summed E-state index contributed by atoms with van der Waals surface area (Å²) in [6.45, 7) is 4.27. The monoisotopic (exact) mass is 302 g/mol. The average Bonchev–Trinajstić information content (AvgIpc) is 2.85. The van der Waals surface area contributed by atoms with Gasteiger partial charge in [-0.1, -0.05) is 6.07 Å². The molecule has 6 nitrogen and oxygen atoms in total. The molecule has 1 heterocycles. The Balaban J connectivity index is 2.10. The van der Waals surface area contributed by atoms with Crippen LogP contribution in [-0.4, -0.2) is 33.9 Å². The number of hydrogen-bond acceptors (Lipinski definition) is 4. The summed E-state index contributed by atoms with van der Waals surface area (Å²) in [6, 6.07) is 7.39. The Kier molecular flexibility index (Phi) is 5.16. The maximum Gasteiger partial charge on any atom is 0.251 e. The zero-order valence-corrected chi connectivity index (χ0v) is 13.1. The van der Waals surface area contributed by atoms with Gasteiger partial charge in [-0.15, -0.1) is 0 Å². The van der Waals surface area contributed by atoms with Crippen molar-refractivity contribution in [2.45, 2.75) is 19.9 Å². The lowest BCUT2D eigenvalue weighted by Crippen LogP contribution is -2.26. The van der Waals surface area contributed by atoms with Crippen LogP contribution < -0.4 is 10.6 Å². The number of aliphatic hydroxyl groups is 1. The second kappa shape index (κ2) is 7.09. The molecule has 0 fully saturated rings. The molecular weight excluding hydrogens is 280 g/mol. The molecule has 1 aromatic heterocycles. The topological polar surface area (TPSA) is 79.2 Å². The Bertz CT molecular complexity index is 651. The van der Waals surface area contributed by atoms with E-state index in [1.807, 2.05) is 37.0 Å². The van der Waals surface area contributed by atoms with Gasteiger partial charge in [-0.3, -0.25) is 9.48 Å². The molecule has 22 heavy (non-hydrogen) atoms. The Morgan fingerprint density at radius 1 is 1.45 bits per heavy atom. The first-order chi connectivity index (χ1) is 10.5. The van der Waals surface area contributed by atoms with Gasteiger partial charge in [-0.2, -0.15) is 5.10 Å². The number of nitrogens with zero attached hydrogens (tertiary/aromatic N) is 2. The van der Waals surface area contributed by atoms with E-state index in [0.717, 1.165) is 16.9 Å². The van der Waals surface area contributed by atoms with Crippen molar-refractivity contribution < 1.29 is 9.90 Å². The van der Waals surface area contributed by atoms with Gasteiger partial charge < -0.3 is 15.7 Å². The third kappa shape index (κ3) is 3.65. The van der Waals surface area contributed by atoms with Crippen molar-refractivity contribution in [3.05, 3.63) is 47.3 Å². The SMILES string of the molecule is Cc1c(C(C)Nc2cccc(C(=O)NCCO)c2)cnn1C. The minimum atomic E-state index is -0.192. The fraction of sp³-hybridized carbons (Fsp3) is 0.375. The summed E-state index contributed by atoms with van der Waals surface area (Å²) < 4.78 is 1.84. The number of carbonyl (C=O) groups is 1. The van der Waals surface area contributed by atoms with Crippen LogP contribution in [0.2, 0.25) is 0 Å². The maximum absolute atomic E-state index is 11.9. The number of aliphatic hydroxyl groups excluding tert-OH is 1. The third-order valence-electron chi connectivity index (χ3n) is 3.65. The molecule has 0 bridgehead atoms. The molecule has 0 spiro atoms. The molecule has 1 aromatic carbocycles. The van der Waals surface area contributed by atoms with E-state index in [1.54, 1.807) is 12.1 Å². The fourth-order valence-corrected chi connectivity index (χ4v) is 2.29.